The molecule has 0 radical (unpaired) electrons. The summed E-state index contributed by atoms with van der Waals surface area (Å²) in [7, 11) is 0. The Morgan fingerprint density at radius 1 is 0.609 bits per heavy atom. The zero-order valence-corrected chi connectivity index (χ0v) is 35.1. The van der Waals surface area contributed by atoms with Crippen LogP contribution in [0.15, 0.2) is 210 Å². The molecule has 0 saturated heterocycles. The summed E-state index contributed by atoms with van der Waals surface area (Å²) in [5.74, 6) is 1.90. The molecule has 0 N–H and O–H groups in total. The molecule has 1 aliphatic carbocycles. The maximum absolute atomic E-state index is 6.26. The molecule has 1 aliphatic heterocycles. The minimum atomic E-state index is 0.117. The predicted molar refractivity (Wildman–Crippen MR) is 263 cm³/mol. The van der Waals surface area contributed by atoms with Crippen LogP contribution < -0.4 is 4.90 Å². The molecule has 0 spiro atoms. The first-order valence-corrected chi connectivity index (χ1v) is 21.8. The molecule has 10 aromatic rings. The fourth-order valence-electron chi connectivity index (χ4n) is 9.54. The highest BCUT2D eigenvalue weighted by molar-refractivity contribution is 6.09. The van der Waals surface area contributed by atoms with E-state index in [1.165, 1.54) is 11.1 Å². The average molecular weight is 824 g/mol. The van der Waals surface area contributed by atoms with Gasteiger partial charge in [0.1, 0.15) is 11.2 Å². The molecule has 12 rings (SSSR count). The number of benzene rings is 7. The third-order valence-electron chi connectivity index (χ3n) is 12.5. The Kier molecular flexibility index (Phi) is 9.08. The Bertz CT molecular complexity index is 3480. The van der Waals surface area contributed by atoms with E-state index in [0.29, 0.717) is 17.6 Å². The fourth-order valence-corrected chi connectivity index (χ4v) is 9.54. The highest BCUT2D eigenvalue weighted by Gasteiger charge is 2.32. The molecule has 2 aliphatic rings. The van der Waals surface area contributed by atoms with Crippen molar-refractivity contribution >= 4 is 56.4 Å². The van der Waals surface area contributed by atoms with E-state index in [4.69, 9.17) is 19.4 Å². The number of allylic oxidation sites excluding steroid dienone is 5. The summed E-state index contributed by atoms with van der Waals surface area (Å²) in [6, 6.07) is 59.4. The first-order chi connectivity index (χ1) is 31.7. The normalized spacial score (nSPS) is 14.6. The van der Waals surface area contributed by atoms with Crippen molar-refractivity contribution in [3.05, 3.63) is 228 Å². The predicted octanol–water partition coefficient (Wildman–Crippen LogP) is 14.7. The highest BCUT2D eigenvalue weighted by atomic mass is 16.3. The molecular formula is C58H41N5O. The molecule has 304 valence electrons. The molecule has 0 bridgehead atoms. The molecule has 1 unspecified atom stereocenters. The van der Waals surface area contributed by atoms with E-state index < -0.39 is 0 Å². The molecule has 6 nitrogen and oxygen atoms in total. The van der Waals surface area contributed by atoms with Gasteiger partial charge in [0.05, 0.1) is 16.9 Å². The summed E-state index contributed by atoms with van der Waals surface area (Å²) in [6.45, 7) is 2.05. The van der Waals surface area contributed by atoms with Crippen molar-refractivity contribution in [1.29, 1.82) is 0 Å². The van der Waals surface area contributed by atoms with Crippen LogP contribution in [0.1, 0.15) is 35.2 Å². The first-order valence-electron chi connectivity index (χ1n) is 21.8. The summed E-state index contributed by atoms with van der Waals surface area (Å²) in [5, 5.41) is 3.42. The number of anilines is 2. The maximum Gasteiger partial charge on any atom is 0.238 e. The largest absolute Gasteiger partial charge is 0.456 e. The number of hydrogen-bond acceptors (Lipinski definition) is 5. The number of para-hydroxylation sites is 2. The number of rotatable bonds is 7. The highest BCUT2D eigenvalue weighted by Crippen LogP contribution is 2.50. The minimum absolute atomic E-state index is 0.117. The van der Waals surface area contributed by atoms with Gasteiger partial charge in [-0.05, 0) is 84.2 Å². The van der Waals surface area contributed by atoms with Gasteiger partial charge in [-0.3, -0.25) is 4.57 Å². The Hall–Kier alpha value is -8.35. The summed E-state index contributed by atoms with van der Waals surface area (Å²) in [5.41, 5.74) is 14.8. The zero-order valence-electron chi connectivity index (χ0n) is 35.1. The Labute approximate surface area is 371 Å². The molecule has 7 aromatic carbocycles. The van der Waals surface area contributed by atoms with E-state index in [-0.39, 0.29) is 5.92 Å². The maximum atomic E-state index is 6.26. The lowest BCUT2D eigenvalue weighted by molar-refractivity contribution is 0.668. The van der Waals surface area contributed by atoms with Crippen molar-refractivity contribution in [3.63, 3.8) is 0 Å². The standard InChI is InChI=1S/C58H41N5O/c1-2-3-7-25-44-35-42-22-14-15-26-45(42)47-31-32-48-49-36-40(41-30-34-53-50(37-41)46-27-16-17-28-52(46)64-53)29-33-51(49)63(55(48)54(47)62(44)43-23-12-6-13-24-43)58-60-56(38-18-8-4-9-19-38)59-57(61-58)39-20-10-5-11-21-39/h2-35,37,40H,36H2,1H3/b3-2-,25-7-. The van der Waals surface area contributed by atoms with Crippen molar-refractivity contribution in [2.24, 2.45) is 0 Å². The van der Waals surface area contributed by atoms with Crippen LogP contribution in [0.3, 0.4) is 0 Å². The van der Waals surface area contributed by atoms with Crippen LogP contribution >= 0.6 is 0 Å². The molecule has 0 amide bonds. The lowest BCUT2D eigenvalue weighted by atomic mass is 9.86. The number of hydrogen-bond donors (Lipinski definition) is 0. The molecule has 64 heavy (non-hydrogen) atoms. The van der Waals surface area contributed by atoms with Crippen molar-refractivity contribution in [3.8, 4) is 39.9 Å². The van der Waals surface area contributed by atoms with E-state index in [0.717, 1.165) is 89.8 Å². The molecule has 6 heteroatoms. The number of furan rings is 1. The van der Waals surface area contributed by atoms with Crippen LogP contribution in [0.2, 0.25) is 0 Å². The van der Waals surface area contributed by atoms with Gasteiger partial charge < -0.3 is 9.32 Å². The number of aromatic nitrogens is 4. The second kappa shape index (κ2) is 15.5. The molecular weight excluding hydrogens is 783 g/mol. The Balaban J connectivity index is 1.17. The van der Waals surface area contributed by atoms with E-state index in [1.54, 1.807) is 0 Å². The Morgan fingerprint density at radius 2 is 1.30 bits per heavy atom. The van der Waals surface area contributed by atoms with Crippen molar-refractivity contribution in [2.75, 3.05) is 4.90 Å². The summed E-state index contributed by atoms with van der Waals surface area (Å²) in [4.78, 5) is 18.3. The molecule has 4 heterocycles. The third kappa shape index (κ3) is 6.30. The van der Waals surface area contributed by atoms with Crippen LogP contribution in [0.4, 0.5) is 11.4 Å². The van der Waals surface area contributed by atoms with Crippen LogP contribution in [-0.4, -0.2) is 19.5 Å². The lowest BCUT2D eigenvalue weighted by Crippen LogP contribution is -2.17. The van der Waals surface area contributed by atoms with Gasteiger partial charge in [-0.15, -0.1) is 0 Å². The monoisotopic (exact) mass is 823 g/mol. The van der Waals surface area contributed by atoms with Crippen LogP contribution in [0.5, 0.6) is 0 Å². The quantitative estimate of drug-likeness (QED) is 0.150. The summed E-state index contributed by atoms with van der Waals surface area (Å²) >= 11 is 0. The molecule has 1 atom stereocenters. The van der Waals surface area contributed by atoms with Crippen LogP contribution in [0, 0.1) is 0 Å². The Morgan fingerprint density at radius 3 is 2.06 bits per heavy atom. The molecule has 3 aromatic heterocycles. The van der Waals surface area contributed by atoms with Gasteiger partial charge in [0, 0.05) is 50.2 Å². The summed E-state index contributed by atoms with van der Waals surface area (Å²) < 4.78 is 8.57. The first kappa shape index (κ1) is 37.4. The third-order valence-corrected chi connectivity index (χ3v) is 12.5. The number of nitrogens with zero attached hydrogens (tertiary/aromatic N) is 5. The van der Waals surface area contributed by atoms with Crippen molar-refractivity contribution in [2.45, 2.75) is 19.3 Å². The summed E-state index contributed by atoms with van der Waals surface area (Å²) in [6.07, 6.45) is 16.2. The smallest absolute Gasteiger partial charge is 0.238 e. The fraction of sp³-hybridized carbons (Fsp3) is 0.0517. The lowest BCUT2D eigenvalue weighted by Gasteiger charge is -2.28. The second-order valence-corrected chi connectivity index (χ2v) is 16.3. The van der Waals surface area contributed by atoms with Gasteiger partial charge in [0.15, 0.2) is 11.6 Å². The SMILES string of the molecule is C/C=C\C=C/C1=Cc2ccccc2-c2ccc3c4c(n(-c5nc(-c6ccccc6)nc(-c6ccccc6)n5)c3c2N1c1ccccc1)C=CC(c1ccc2oc3ccccc3c2c1)C4. The van der Waals surface area contributed by atoms with Crippen molar-refractivity contribution < 1.29 is 4.42 Å². The van der Waals surface area contributed by atoms with Gasteiger partial charge in [0.25, 0.3) is 0 Å². The van der Waals surface area contributed by atoms with Gasteiger partial charge in [-0.1, -0.05) is 164 Å². The van der Waals surface area contributed by atoms with E-state index in [1.807, 2.05) is 55.5 Å². The van der Waals surface area contributed by atoms with Crippen LogP contribution in [0.25, 0.3) is 84.8 Å². The van der Waals surface area contributed by atoms with Gasteiger partial charge in [-0.25, -0.2) is 4.98 Å². The second-order valence-electron chi connectivity index (χ2n) is 16.3. The molecule has 0 saturated carbocycles. The van der Waals surface area contributed by atoms with Gasteiger partial charge in [0.2, 0.25) is 5.95 Å². The van der Waals surface area contributed by atoms with Crippen LogP contribution in [-0.2, 0) is 6.42 Å². The average Bonchev–Trinajstić information content (AvgIpc) is 3.86. The van der Waals surface area contributed by atoms with E-state index >= 15 is 0 Å². The minimum Gasteiger partial charge on any atom is -0.456 e. The van der Waals surface area contributed by atoms with Gasteiger partial charge >= 0.3 is 0 Å². The van der Waals surface area contributed by atoms with E-state index in [2.05, 4.69) is 173 Å². The van der Waals surface area contributed by atoms with Crippen molar-refractivity contribution in [1.82, 2.24) is 19.5 Å². The number of fused-ring (bicyclic) bond motifs is 10. The molecule has 0 fully saturated rings. The zero-order chi connectivity index (χ0) is 42.6. The topological polar surface area (TPSA) is 60.0 Å². The van der Waals surface area contributed by atoms with Gasteiger partial charge in [-0.2, -0.15) is 9.97 Å². The van der Waals surface area contributed by atoms with E-state index in [9.17, 15) is 0 Å².